The van der Waals surface area contributed by atoms with E-state index in [0.29, 0.717) is 18.1 Å². The van der Waals surface area contributed by atoms with E-state index in [4.69, 9.17) is 10.3 Å². The lowest BCUT2D eigenvalue weighted by molar-refractivity contribution is 0.348. The van der Waals surface area contributed by atoms with Crippen LogP contribution in [0.1, 0.15) is 19.7 Å². The molecule has 15 heavy (non-hydrogen) atoms. The summed E-state index contributed by atoms with van der Waals surface area (Å²) in [6.07, 6.45) is 2.39. The minimum absolute atomic E-state index is 0.334. The monoisotopic (exact) mass is 206 g/mol. The molecule has 0 aliphatic heterocycles. The van der Waals surface area contributed by atoms with Gasteiger partial charge in [-0.3, -0.25) is 0 Å². The van der Waals surface area contributed by atoms with Gasteiger partial charge in [0.2, 0.25) is 11.7 Å². The van der Waals surface area contributed by atoms with Crippen LogP contribution in [0.4, 0.5) is 0 Å². The van der Waals surface area contributed by atoms with Crippen LogP contribution in [0.3, 0.4) is 0 Å². The minimum Gasteiger partial charge on any atom is -0.359 e. The molecule has 0 spiro atoms. The van der Waals surface area contributed by atoms with Crippen molar-refractivity contribution >= 4 is 0 Å². The lowest BCUT2D eigenvalue weighted by atomic mass is 10.0. The van der Waals surface area contributed by atoms with Crippen molar-refractivity contribution in [2.24, 2.45) is 5.73 Å². The third kappa shape index (κ3) is 2.44. The predicted octanol–water partition coefficient (Wildman–Crippen LogP) is 1.34. The molecule has 2 aromatic heterocycles. The van der Waals surface area contributed by atoms with Crippen LogP contribution < -0.4 is 5.73 Å². The zero-order valence-electron chi connectivity index (χ0n) is 8.82. The SMILES string of the molecule is CC(C)(N)Cc1nc(-c2ccc[nH]2)no1. The van der Waals surface area contributed by atoms with Gasteiger partial charge in [-0.1, -0.05) is 5.16 Å². The molecule has 3 N–H and O–H groups in total. The van der Waals surface area contributed by atoms with Gasteiger partial charge in [0.1, 0.15) is 0 Å². The average Bonchev–Trinajstić information content (AvgIpc) is 2.68. The quantitative estimate of drug-likeness (QED) is 0.794. The van der Waals surface area contributed by atoms with Gasteiger partial charge in [0.15, 0.2) is 0 Å². The normalized spacial score (nSPS) is 11.9. The largest absolute Gasteiger partial charge is 0.359 e. The molecule has 0 aliphatic rings. The zero-order valence-corrected chi connectivity index (χ0v) is 8.82. The Labute approximate surface area is 87.7 Å². The number of hydrogen-bond acceptors (Lipinski definition) is 4. The molecule has 0 amide bonds. The fourth-order valence-electron chi connectivity index (χ4n) is 1.30. The summed E-state index contributed by atoms with van der Waals surface area (Å²) < 4.78 is 5.10. The molecule has 0 aliphatic carbocycles. The first-order valence-electron chi connectivity index (χ1n) is 4.80. The van der Waals surface area contributed by atoms with E-state index in [1.807, 2.05) is 32.2 Å². The lowest BCUT2D eigenvalue weighted by Crippen LogP contribution is -2.34. The third-order valence-electron chi connectivity index (χ3n) is 1.91. The molecule has 0 bridgehead atoms. The second-order valence-corrected chi connectivity index (χ2v) is 4.26. The Balaban J connectivity index is 2.18. The van der Waals surface area contributed by atoms with Gasteiger partial charge >= 0.3 is 0 Å². The van der Waals surface area contributed by atoms with Gasteiger partial charge in [0, 0.05) is 18.2 Å². The number of hydrogen-bond donors (Lipinski definition) is 2. The van der Waals surface area contributed by atoms with E-state index in [1.165, 1.54) is 0 Å². The zero-order chi connectivity index (χ0) is 10.9. The molecular weight excluding hydrogens is 192 g/mol. The van der Waals surface area contributed by atoms with E-state index in [1.54, 1.807) is 0 Å². The van der Waals surface area contributed by atoms with Crippen LogP contribution >= 0.6 is 0 Å². The number of nitrogens with two attached hydrogens (primary N) is 1. The second-order valence-electron chi connectivity index (χ2n) is 4.26. The summed E-state index contributed by atoms with van der Waals surface area (Å²) in [4.78, 5) is 7.26. The molecule has 2 aromatic rings. The first-order valence-corrected chi connectivity index (χ1v) is 4.80. The smallest absolute Gasteiger partial charge is 0.228 e. The number of aromatic amines is 1. The number of aromatic nitrogens is 3. The molecule has 0 fully saturated rings. The van der Waals surface area contributed by atoms with Gasteiger partial charge in [-0.15, -0.1) is 0 Å². The number of nitrogens with zero attached hydrogens (tertiary/aromatic N) is 2. The summed E-state index contributed by atoms with van der Waals surface area (Å²) in [5.74, 6) is 1.13. The fourth-order valence-corrected chi connectivity index (χ4v) is 1.30. The predicted molar refractivity (Wildman–Crippen MR) is 56.1 cm³/mol. The maximum Gasteiger partial charge on any atom is 0.228 e. The average molecular weight is 206 g/mol. The molecule has 80 valence electrons. The van der Waals surface area contributed by atoms with E-state index >= 15 is 0 Å². The summed E-state index contributed by atoms with van der Waals surface area (Å²) in [6, 6.07) is 3.78. The van der Waals surface area contributed by atoms with Crippen molar-refractivity contribution in [3.63, 3.8) is 0 Å². The second kappa shape index (κ2) is 3.51. The maximum atomic E-state index is 5.86. The van der Waals surface area contributed by atoms with Crippen molar-refractivity contribution in [1.29, 1.82) is 0 Å². The Morgan fingerprint density at radius 1 is 1.53 bits per heavy atom. The van der Waals surface area contributed by atoms with Crippen LogP contribution in [0, 0.1) is 0 Å². The Morgan fingerprint density at radius 2 is 2.33 bits per heavy atom. The molecule has 0 atom stereocenters. The molecule has 0 aromatic carbocycles. The Kier molecular flexibility index (Phi) is 2.32. The van der Waals surface area contributed by atoms with E-state index in [2.05, 4.69) is 15.1 Å². The van der Waals surface area contributed by atoms with Crippen LogP contribution in [-0.4, -0.2) is 20.7 Å². The lowest BCUT2D eigenvalue weighted by Gasteiger charge is -2.14. The molecule has 2 heterocycles. The van der Waals surface area contributed by atoms with Crippen LogP contribution in [0.25, 0.3) is 11.5 Å². The van der Waals surface area contributed by atoms with Crippen LogP contribution in [-0.2, 0) is 6.42 Å². The van der Waals surface area contributed by atoms with Gasteiger partial charge in [-0.05, 0) is 26.0 Å². The maximum absolute atomic E-state index is 5.86. The van der Waals surface area contributed by atoms with Crippen molar-refractivity contribution in [2.75, 3.05) is 0 Å². The van der Waals surface area contributed by atoms with Crippen molar-refractivity contribution in [3.8, 4) is 11.5 Å². The fraction of sp³-hybridized carbons (Fsp3) is 0.400. The summed E-state index contributed by atoms with van der Waals surface area (Å²) in [7, 11) is 0. The van der Waals surface area contributed by atoms with Crippen LogP contribution in [0.2, 0.25) is 0 Å². The first kappa shape index (κ1) is 9.92. The molecular formula is C10H14N4O. The van der Waals surface area contributed by atoms with Crippen LogP contribution in [0.15, 0.2) is 22.9 Å². The summed E-state index contributed by atoms with van der Waals surface area (Å²) in [5, 5.41) is 3.87. The first-order chi connectivity index (χ1) is 7.04. The topological polar surface area (TPSA) is 80.7 Å². The van der Waals surface area contributed by atoms with E-state index in [0.717, 1.165) is 5.69 Å². The standard InChI is InChI=1S/C10H14N4O/c1-10(2,11)6-8-13-9(14-15-8)7-4-3-5-12-7/h3-5,12H,6,11H2,1-2H3. The molecule has 0 saturated heterocycles. The Hall–Kier alpha value is -1.62. The highest BCUT2D eigenvalue weighted by Gasteiger charge is 2.17. The number of H-pyrrole nitrogens is 1. The van der Waals surface area contributed by atoms with Crippen molar-refractivity contribution in [2.45, 2.75) is 25.8 Å². The van der Waals surface area contributed by atoms with E-state index < -0.39 is 0 Å². The summed E-state index contributed by atoms with van der Waals surface area (Å²) in [6.45, 7) is 3.84. The van der Waals surface area contributed by atoms with Gasteiger partial charge < -0.3 is 15.2 Å². The summed E-state index contributed by atoms with van der Waals surface area (Å²) >= 11 is 0. The van der Waals surface area contributed by atoms with Crippen molar-refractivity contribution < 1.29 is 4.52 Å². The minimum atomic E-state index is -0.334. The van der Waals surface area contributed by atoms with E-state index in [9.17, 15) is 0 Å². The molecule has 5 heteroatoms. The van der Waals surface area contributed by atoms with Gasteiger partial charge in [-0.25, -0.2) is 0 Å². The Morgan fingerprint density at radius 3 is 2.93 bits per heavy atom. The molecule has 0 unspecified atom stereocenters. The molecule has 0 radical (unpaired) electrons. The summed E-state index contributed by atoms with van der Waals surface area (Å²) in [5.41, 5.74) is 6.37. The molecule has 5 nitrogen and oxygen atoms in total. The molecule has 2 rings (SSSR count). The van der Waals surface area contributed by atoms with Crippen LogP contribution in [0.5, 0.6) is 0 Å². The highest BCUT2D eigenvalue weighted by molar-refractivity contribution is 5.47. The number of nitrogens with one attached hydrogen (secondary N) is 1. The number of rotatable bonds is 3. The van der Waals surface area contributed by atoms with Crippen molar-refractivity contribution in [1.82, 2.24) is 15.1 Å². The third-order valence-corrected chi connectivity index (χ3v) is 1.91. The van der Waals surface area contributed by atoms with Gasteiger partial charge in [-0.2, -0.15) is 4.98 Å². The highest BCUT2D eigenvalue weighted by atomic mass is 16.5. The van der Waals surface area contributed by atoms with E-state index in [-0.39, 0.29) is 5.54 Å². The molecule has 0 saturated carbocycles. The van der Waals surface area contributed by atoms with Gasteiger partial charge in [0.25, 0.3) is 0 Å². The Bertz CT molecular complexity index is 424. The van der Waals surface area contributed by atoms with Crippen molar-refractivity contribution in [3.05, 3.63) is 24.2 Å². The van der Waals surface area contributed by atoms with Gasteiger partial charge in [0.05, 0.1) is 5.69 Å². The highest BCUT2D eigenvalue weighted by Crippen LogP contribution is 2.14.